The van der Waals surface area contributed by atoms with Crippen molar-refractivity contribution in [1.82, 2.24) is 0 Å². The van der Waals surface area contributed by atoms with Gasteiger partial charge in [0.25, 0.3) is 5.91 Å². The zero-order valence-electron chi connectivity index (χ0n) is 9.93. The second-order valence-electron chi connectivity index (χ2n) is 3.73. The number of rotatable bonds is 3. The smallest absolute Gasteiger partial charge is 0.267 e. The number of hydrogen-bond donors (Lipinski definition) is 3. The molecular weight excluding hydrogens is 321 g/mol. The number of amidine groups is 1. The lowest BCUT2D eigenvalue weighted by molar-refractivity contribution is 0.103. The van der Waals surface area contributed by atoms with Crippen LogP contribution in [-0.4, -0.2) is 17.0 Å². The maximum Gasteiger partial charge on any atom is 0.267 e. The molecule has 20 heavy (non-hydrogen) atoms. The summed E-state index contributed by atoms with van der Waals surface area (Å²) in [6, 6.07) is 6.26. The Labute approximate surface area is 128 Å². The number of anilines is 1. The summed E-state index contributed by atoms with van der Waals surface area (Å²) in [7, 11) is 0. The molecule has 104 valence electrons. The highest BCUT2D eigenvalue weighted by Gasteiger charge is 2.14. The Morgan fingerprint density at radius 2 is 2.05 bits per heavy atom. The van der Waals surface area contributed by atoms with Crippen LogP contribution in [0.15, 0.2) is 34.8 Å². The molecule has 0 atom stereocenters. The number of hydrogen-bond acceptors (Lipinski definition) is 4. The first kappa shape index (κ1) is 14.6. The third-order valence-corrected chi connectivity index (χ3v) is 4.11. The molecule has 5 nitrogen and oxygen atoms in total. The van der Waals surface area contributed by atoms with Gasteiger partial charge in [0.2, 0.25) is 0 Å². The summed E-state index contributed by atoms with van der Waals surface area (Å²) in [5.74, 6) is -0.449. The van der Waals surface area contributed by atoms with E-state index in [-0.39, 0.29) is 11.7 Å². The molecular formula is C12H9Cl2N3O2S. The maximum absolute atomic E-state index is 12.0. The fraction of sp³-hybridized carbons (Fsp3) is 0. The summed E-state index contributed by atoms with van der Waals surface area (Å²) in [6.07, 6.45) is 0. The largest absolute Gasteiger partial charge is 0.409 e. The van der Waals surface area contributed by atoms with Crippen molar-refractivity contribution in [2.45, 2.75) is 0 Å². The quantitative estimate of drug-likeness (QED) is 0.349. The lowest BCUT2D eigenvalue weighted by Gasteiger charge is -2.08. The molecule has 0 spiro atoms. The average Bonchev–Trinajstić information content (AvgIpc) is 2.86. The van der Waals surface area contributed by atoms with Crippen LogP contribution in [0.4, 0.5) is 5.69 Å². The fourth-order valence-electron chi connectivity index (χ4n) is 1.47. The van der Waals surface area contributed by atoms with Gasteiger partial charge in [0.05, 0.1) is 15.7 Å². The third-order valence-electron chi connectivity index (χ3n) is 2.44. The lowest BCUT2D eigenvalue weighted by atomic mass is 10.2. The molecule has 2 aromatic rings. The van der Waals surface area contributed by atoms with E-state index in [4.69, 9.17) is 34.1 Å². The standard InChI is InChI=1S/C12H9Cl2N3O2S/c13-7-2-1-6(11(15)17-19)5-9(7)16-12(18)10-8(14)3-4-20-10/h1-5,19H,(H2,15,17)(H,16,18). The maximum atomic E-state index is 12.0. The molecule has 1 aromatic carbocycles. The molecule has 0 aliphatic rings. The Morgan fingerprint density at radius 3 is 2.65 bits per heavy atom. The molecule has 4 N–H and O–H groups in total. The molecule has 1 amide bonds. The number of thiophene rings is 1. The molecule has 0 aliphatic carbocycles. The van der Waals surface area contributed by atoms with E-state index < -0.39 is 0 Å². The first-order chi connectivity index (χ1) is 9.52. The van der Waals surface area contributed by atoms with Crippen LogP contribution in [-0.2, 0) is 0 Å². The number of oxime groups is 1. The van der Waals surface area contributed by atoms with E-state index in [1.54, 1.807) is 23.6 Å². The van der Waals surface area contributed by atoms with Crippen molar-refractivity contribution in [3.8, 4) is 0 Å². The molecule has 8 heteroatoms. The van der Waals surface area contributed by atoms with Crippen molar-refractivity contribution in [3.05, 3.63) is 50.1 Å². The summed E-state index contributed by atoms with van der Waals surface area (Å²) in [5, 5.41) is 16.6. The first-order valence-electron chi connectivity index (χ1n) is 5.34. The minimum absolute atomic E-state index is 0.0775. The van der Waals surface area contributed by atoms with Crippen LogP contribution in [0.5, 0.6) is 0 Å². The van der Waals surface area contributed by atoms with Gasteiger partial charge < -0.3 is 16.3 Å². The van der Waals surface area contributed by atoms with Crippen molar-refractivity contribution >= 4 is 52.0 Å². The summed E-state index contributed by atoms with van der Waals surface area (Å²) in [4.78, 5) is 12.4. The van der Waals surface area contributed by atoms with E-state index in [0.717, 1.165) is 0 Å². The molecule has 0 fully saturated rings. The van der Waals surface area contributed by atoms with Gasteiger partial charge in [0.1, 0.15) is 4.88 Å². The van der Waals surface area contributed by atoms with Gasteiger partial charge in [-0.2, -0.15) is 0 Å². The van der Waals surface area contributed by atoms with Gasteiger partial charge in [-0.3, -0.25) is 4.79 Å². The Hall–Kier alpha value is -1.76. The van der Waals surface area contributed by atoms with Crippen LogP contribution < -0.4 is 11.1 Å². The molecule has 0 radical (unpaired) electrons. The number of nitrogens with one attached hydrogen (secondary N) is 1. The van der Waals surface area contributed by atoms with Crippen molar-refractivity contribution in [3.63, 3.8) is 0 Å². The van der Waals surface area contributed by atoms with Gasteiger partial charge in [0.15, 0.2) is 5.84 Å². The van der Waals surface area contributed by atoms with Crippen LogP contribution in [0.1, 0.15) is 15.2 Å². The Kier molecular flexibility index (Phi) is 4.49. The van der Waals surface area contributed by atoms with E-state index in [9.17, 15) is 4.79 Å². The number of nitrogens with two attached hydrogens (primary N) is 1. The second-order valence-corrected chi connectivity index (χ2v) is 5.46. The van der Waals surface area contributed by atoms with Crippen molar-refractivity contribution in [1.29, 1.82) is 0 Å². The van der Waals surface area contributed by atoms with E-state index in [1.165, 1.54) is 17.4 Å². The van der Waals surface area contributed by atoms with Crippen LogP contribution in [0.2, 0.25) is 10.0 Å². The monoisotopic (exact) mass is 329 g/mol. The highest BCUT2D eigenvalue weighted by molar-refractivity contribution is 7.12. The summed E-state index contributed by atoms with van der Waals surface area (Å²) in [6.45, 7) is 0. The molecule has 0 saturated heterocycles. The number of benzene rings is 1. The van der Waals surface area contributed by atoms with Gasteiger partial charge in [-0.05, 0) is 29.6 Å². The molecule has 2 rings (SSSR count). The number of halogens is 2. The van der Waals surface area contributed by atoms with Crippen LogP contribution in [0.3, 0.4) is 0 Å². The Balaban J connectivity index is 2.29. The van der Waals surface area contributed by atoms with Crippen LogP contribution in [0.25, 0.3) is 0 Å². The lowest BCUT2D eigenvalue weighted by Crippen LogP contribution is -2.15. The Morgan fingerprint density at radius 1 is 1.30 bits per heavy atom. The predicted octanol–water partition coefficient (Wildman–Crippen LogP) is 3.40. The summed E-state index contributed by atoms with van der Waals surface area (Å²) >= 11 is 13.1. The first-order valence-corrected chi connectivity index (χ1v) is 6.98. The van der Waals surface area contributed by atoms with Crippen molar-refractivity contribution < 1.29 is 10.0 Å². The molecule has 0 bridgehead atoms. The summed E-state index contributed by atoms with van der Waals surface area (Å²) in [5.41, 5.74) is 6.27. The van der Waals surface area contributed by atoms with Gasteiger partial charge >= 0.3 is 0 Å². The minimum Gasteiger partial charge on any atom is -0.409 e. The predicted molar refractivity (Wildman–Crippen MR) is 81.2 cm³/mol. The van der Waals surface area contributed by atoms with Gasteiger partial charge in [-0.25, -0.2) is 0 Å². The normalized spacial score (nSPS) is 11.4. The summed E-state index contributed by atoms with van der Waals surface area (Å²) < 4.78 is 0. The third kappa shape index (κ3) is 3.04. The van der Waals surface area contributed by atoms with Gasteiger partial charge in [-0.1, -0.05) is 28.4 Å². The molecule has 0 saturated carbocycles. The van der Waals surface area contributed by atoms with Crippen LogP contribution >= 0.6 is 34.5 Å². The number of carbonyl (C=O) groups excluding carboxylic acids is 1. The van der Waals surface area contributed by atoms with Gasteiger partial charge in [-0.15, -0.1) is 11.3 Å². The highest BCUT2D eigenvalue weighted by Crippen LogP contribution is 2.27. The molecule has 1 aromatic heterocycles. The molecule has 0 aliphatic heterocycles. The molecule has 1 heterocycles. The Bertz CT molecular complexity index is 685. The molecule has 0 unspecified atom stereocenters. The number of carbonyl (C=O) groups is 1. The van der Waals surface area contributed by atoms with E-state index >= 15 is 0 Å². The fourth-order valence-corrected chi connectivity index (χ4v) is 2.67. The van der Waals surface area contributed by atoms with Crippen molar-refractivity contribution in [2.75, 3.05) is 5.32 Å². The number of nitrogens with zero attached hydrogens (tertiary/aromatic N) is 1. The topological polar surface area (TPSA) is 87.7 Å². The highest BCUT2D eigenvalue weighted by atomic mass is 35.5. The zero-order chi connectivity index (χ0) is 14.7. The van der Waals surface area contributed by atoms with Crippen molar-refractivity contribution in [2.24, 2.45) is 10.9 Å². The number of amides is 1. The van der Waals surface area contributed by atoms with E-state index in [0.29, 0.717) is 26.2 Å². The van der Waals surface area contributed by atoms with Crippen LogP contribution in [0, 0.1) is 0 Å². The van der Waals surface area contributed by atoms with Gasteiger partial charge in [0, 0.05) is 5.56 Å². The van der Waals surface area contributed by atoms with E-state index in [2.05, 4.69) is 10.5 Å². The second kappa shape index (κ2) is 6.13. The average molecular weight is 330 g/mol. The zero-order valence-corrected chi connectivity index (χ0v) is 12.3. The SMILES string of the molecule is N/C(=N/O)c1ccc(Cl)c(NC(=O)c2sccc2Cl)c1. The minimum atomic E-state index is -0.372. The van der Waals surface area contributed by atoms with E-state index in [1.807, 2.05) is 0 Å².